The quantitative estimate of drug-likeness (QED) is 0.787. The summed E-state index contributed by atoms with van der Waals surface area (Å²) in [6, 6.07) is 11.3. The molecule has 0 bridgehead atoms. The summed E-state index contributed by atoms with van der Waals surface area (Å²) in [4.78, 5) is 26.2. The van der Waals surface area contributed by atoms with Crippen LogP contribution in [0.25, 0.3) is 22.6 Å². The van der Waals surface area contributed by atoms with Crippen molar-refractivity contribution in [2.45, 2.75) is 0 Å². The summed E-state index contributed by atoms with van der Waals surface area (Å²) < 4.78 is 5.28. The zero-order valence-electron chi connectivity index (χ0n) is 12.5. The number of fused-ring (bicyclic) bond motifs is 1. The van der Waals surface area contributed by atoms with Gasteiger partial charge in [-0.15, -0.1) is 0 Å². The Morgan fingerprint density at radius 3 is 2.65 bits per heavy atom. The SMILES string of the molecule is O=C(c1ccc(-c2nc3ncccc3[nH]2)cc1)N1CCOCC1. The molecule has 3 aromatic rings. The standard InChI is InChI=1S/C17H16N4O2/c22-17(21-8-10-23-11-9-21)13-5-3-12(4-6-13)15-19-14-2-1-7-18-16(14)20-15/h1-7H,8-11H2,(H,18,19,20). The summed E-state index contributed by atoms with van der Waals surface area (Å²) in [6.45, 7) is 2.51. The van der Waals surface area contributed by atoms with Crippen molar-refractivity contribution in [1.29, 1.82) is 0 Å². The van der Waals surface area contributed by atoms with Crippen LogP contribution in [0.3, 0.4) is 0 Å². The van der Waals surface area contributed by atoms with E-state index in [-0.39, 0.29) is 5.91 Å². The molecule has 0 saturated carbocycles. The first-order valence-corrected chi connectivity index (χ1v) is 7.59. The molecule has 0 atom stereocenters. The Balaban J connectivity index is 1.58. The number of pyridine rings is 1. The highest BCUT2D eigenvalue weighted by Gasteiger charge is 2.18. The van der Waals surface area contributed by atoms with E-state index >= 15 is 0 Å². The first kappa shape index (κ1) is 13.9. The van der Waals surface area contributed by atoms with Gasteiger partial charge in [0.05, 0.1) is 18.7 Å². The first-order chi connectivity index (χ1) is 11.3. The molecule has 1 aromatic carbocycles. The number of benzene rings is 1. The zero-order valence-corrected chi connectivity index (χ0v) is 12.5. The third-order valence-corrected chi connectivity index (χ3v) is 3.96. The van der Waals surface area contributed by atoms with Gasteiger partial charge in [0.25, 0.3) is 5.91 Å². The molecule has 1 fully saturated rings. The van der Waals surface area contributed by atoms with Crippen LogP contribution in [-0.2, 0) is 4.74 Å². The van der Waals surface area contributed by atoms with E-state index in [1.165, 1.54) is 0 Å². The van der Waals surface area contributed by atoms with Crippen molar-refractivity contribution in [2.75, 3.05) is 26.3 Å². The normalized spacial score (nSPS) is 15.0. The summed E-state index contributed by atoms with van der Waals surface area (Å²) in [6.07, 6.45) is 1.72. The molecule has 2 aromatic heterocycles. The second-order valence-corrected chi connectivity index (χ2v) is 5.44. The predicted octanol–water partition coefficient (Wildman–Crippen LogP) is 2.10. The second kappa shape index (κ2) is 5.81. The van der Waals surface area contributed by atoms with Gasteiger partial charge in [0.1, 0.15) is 5.82 Å². The summed E-state index contributed by atoms with van der Waals surface area (Å²) in [5.74, 6) is 0.801. The molecule has 23 heavy (non-hydrogen) atoms. The van der Waals surface area contributed by atoms with Crippen LogP contribution < -0.4 is 0 Å². The Hall–Kier alpha value is -2.73. The molecule has 4 rings (SSSR count). The molecule has 6 nitrogen and oxygen atoms in total. The van der Waals surface area contributed by atoms with Gasteiger partial charge in [-0.3, -0.25) is 4.79 Å². The number of H-pyrrole nitrogens is 1. The molecule has 1 aliphatic rings. The number of carbonyl (C=O) groups excluding carboxylic acids is 1. The molecule has 0 unspecified atom stereocenters. The Bertz CT molecular complexity index is 802. The van der Waals surface area contributed by atoms with Crippen molar-refractivity contribution in [3.8, 4) is 11.4 Å². The highest BCUT2D eigenvalue weighted by atomic mass is 16.5. The van der Waals surface area contributed by atoms with Crippen LogP contribution in [0, 0.1) is 0 Å². The van der Waals surface area contributed by atoms with Gasteiger partial charge in [0.15, 0.2) is 5.65 Å². The molecule has 0 spiro atoms. The molecular formula is C17H16N4O2. The molecule has 1 amide bonds. The van der Waals surface area contributed by atoms with Crippen molar-refractivity contribution < 1.29 is 9.53 Å². The smallest absolute Gasteiger partial charge is 0.254 e. The highest BCUT2D eigenvalue weighted by molar-refractivity contribution is 5.94. The average Bonchev–Trinajstić information content (AvgIpc) is 3.06. The van der Waals surface area contributed by atoms with E-state index < -0.39 is 0 Å². The van der Waals surface area contributed by atoms with Crippen molar-refractivity contribution in [1.82, 2.24) is 19.9 Å². The maximum absolute atomic E-state index is 12.4. The van der Waals surface area contributed by atoms with Crippen LogP contribution in [0.4, 0.5) is 0 Å². The van der Waals surface area contributed by atoms with E-state index in [4.69, 9.17) is 4.74 Å². The number of imidazole rings is 1. The number of nitrogens with one attached hydrogen (secondary N) is 1. The van der Waals surface area contributed by atoms with Gasteiger partial charge < -0.3 is 14.6 Å². The highest BCUT2D eigenvalue weighted by Crippen LogP contribution is 2.20. The summed E-state index contributed by atoms with van der Waals surface area (Å²) >= 11 is 0. The lowest BCUT2D eigenvalue weighted by atomic mass is 10.1. The molecule has 3 heterocycles. The van der Waals surface area contributed by atoms with Crippen LogP contribution in [0.2, 0.25) is 0 Å². The van der Waals surface area contributed by atoms with Crippen LogP contribution in [-0.4, -0.2) is 52.1 Å². The number of amides is 1. The third kappa shape index (κ3) is 2.68. The van der Waals surface area contributed by atoms with Gasteiger partial charge >= 0.3 is 0 Å². The lowest BCUT2D eigenvalue weighted by Crippen LogP contribution is -2.40. The Kier molecular flexibility index (Phi) is 3.51. The van der Waals surface area contributed by atoms with E-state index in [1.54, 1.807) is 6.20 Å². The van der Waals surface area contributed by atoms with Gasteiger partial charge in [-0.1, -0.05) is 12.1 Å². The minimum Gasteiger partial charge on any atom is -0.378 e. The number of nitrogens with zero attached hydrogens (tertiary/aromatic N) is 3. The number of rotatable bonds is 2. The topological polar surface area (TPSA) is 71.1 Å². The zero-order chi connectivity index (χ0) is 15.6. The fraction of sp³-hybridized carbons (Fsp3) is 0.235. The number of hydrogen-bond acceptors (Lipinski definition) is 4. The van der Waals surface area contributed by atoms with Crippen molar-refractivity contribution in [2.24, 2.45) is 0 Å². The largest absolute Gasteiger partial charge is 0.378 e. The first-order valence-electron chi connectivity index (χ1n) is 7.59. The summed E-state index contributed by atoms with van der Waals surface area (Å²) in [5.41, 5.74) is 3.21. The molecule has 0 radical (unpaired) electrons. The number of ether oxygens (including phenoxy) is 1. The Morgan fingerprint density at radius 1 is 1.13 bits per heavy atom. The van der Waals surface area contributed by atoms with Crippen molar-refractivity contribution >= 4 is 17.1 Å². The second-order valence-electron chi connectivity index (χ2n) is 5.44. The van der Waals surface area contributed by atoms with E-state index in [1.807, 2.05) is 41.3 Å². The van der Waals surface area contributed by atoms with Gasteiger partial charge in [-0.2, -0.15) is 0 Å². The van der Waals surface area contributed by atoms with E-state index in [0.29, 0.717) is 37.5 Å². The maximum atomic E-state index is 12.4. The monoisotopic (exact) mass is 308 g/mol. The molecule has 1 saturated heterocycles. The Morgan fingerprint density at radius 2 is 1.91 bits per heavy atom. The molecule has 1 N–H and O–H groups in total. The Labute approximate surface area is 133 Å². The van der Waals surface area contributed by atoms with Crippen LogP contribution in [0.15, 0.2) is 42.6 Å². The van der Waals surface area contributed by atoms with Crippen LogP contribution in [0.5, 0.6) is 0 Å². The molecule has 116 valence electrons. The maximum Gasteiger partial charge on any atom is 0.254 e. The van der Waals surface area contributed by atoms with E-state index in [9.17, 15) is 4.79 Å². The number of carbonyl (C=O) groups is 1. The summed E-state index contributed by atoms with van der Waals surface area (Å²) in [5, 5.41) is 0. The van der Waals surface area contributed by atoms with Crippen molar-refractivity contribution in [3.05, 3.63) is 48.2 Å². The lowest BCUT2D eigenvalue weighted by Gasteiger charge is -2.26. The predicted molar refractivity (Wildman–Crippen MR) is 86.0 cm³/mol. The fourth-order valence-electron chi connectivity index (χ4n) is 2.70. The summed E-state index contributed by atoms with van der Waals surface area (Å²) in [7, 11) is 0. The van der Waals surface area contributed by atoms with E-state index in [0.717, 1.165) is 16.9 Å². The van der Waals surface area contributed by atoms with Gasteiger partial charge in [-0.05, 0) is 24.3 Å². The number of aromatic nitrogens is 3. The van der Waals surface area contributed by atoms with Crippen LogP contribution >= 0.6 is 0 Å². The molecule has 1 aliphatic heterocycles. The minimum atomic E-state index is 0.0473. The van der Waals surface area contributed by atoms with Crippen LogP contribution in [0.1, 0.15) is 10.4 Å². The number of aromatic amines is 1. The average molecular weight is 308 g/mol. The van der Waals surface area contributed by atoms with Gasteiger partial charge in [0, 0.05) is 30.4 Å². The van der Waals surface area contributed by atoms with E-state index in [2.05, 4.69) is 15.0 Å². The van der Waals surface area contributed by atoms with Gasteiger partial charge in [0.2, 0.25) is 0 Å². The molecule has 0 aliphatic carbocycles. The lowest BCUT2D eigenvalue weighted by molar-refractivity contribution is 0.0303. The fourth-order valence-corrected chi connectivity index (χ4v) is 2.70. The number of morpholine rings is 1. The van der Waals surface area contributed by atoms with Gasteiger partial charge in [-0.25, -0.2) is 9.97 Å². The molecule has 6 heteroatoms. The van der Waals surface area contributed by atoms with Crippen molar-refractivity contribution in [3.63, 3.8) is 0 Å². The number of hydrogen-bond donors (Lipinski definition) is 1. The minimum absolute atomic E-state index is 0.0473. The molecular weight excluding hydrogens is 292 g/mol. The third-order valence-electron chi connectivity index (χ3n) is 3.96.